The number of hydrogen-bond acceptors (Lipinski definition) is 0. The van der Waals surface area contributed by atoms with E-state index < -0.39 is 0 Å². The molecular formula is C16H14Br2. The number of halogens is 2. The van der Waals surface area contributed by atoms with Crippen molar-refractivity contribution in [2.45, 2.75) is 0 Å². The van der Waals surface area contributed by atoms with Crippen molar-refractivity contribution in [3.63, 3.8) is 0 Å². The standard InChI is InChI=1S/C16H14Br2/c17-11-15(13-7-3-1-4-8-13)16(12-18)14-9-5-2-6-10-14/h1-10H,11-12H2/b16-15-. The fourth-order valence-corrected chi connectivity index (χ4v) is 3.27. The lowest BCUT2D eigenvalue weighted by atomic mass is 9.97. The molecular weight excluding hydrogens is 352 g/mol. The van der Waals surface area contributed by atoms with Gasteiger partial charge in [-0.2, -0.15) is 0 Å². The quantitative estimate of drug-likeness (QED) is 0.503. The van der Waals surface area contributed by atoms with Crippen molar-refractivity contribution < 1.29 is 0 Å². The third-order valence-corrected chi connectivity index (χ3v) is 4.00. The second kappa shape index (κ2) is 6.91. The molecule has 0 aromatic heterocycles. The summed E-state index contributed by atoms with van der Waals surface area (Å²) >= 11 is 7.23. The number of allylic oxidation sites excluding steroid dienone is 2. The molecule has 0 aliphatic heterocycles. The van der Waals surface area contributed by atoms with Crippen molar-refractivity contribution in [2.24, 2.45) is 0 Å². The molecule has 0 radical (unpaired) electrons. The second-order valence-electron chi connectivity index (χ2n) is 3.96. The van der Waals surface area contributed by atoms with Gasteiger partial charge in [-0.05, 0) is 22.3 Å². The molecule has 0 spiro atoms. The monoisotopic (exact) mass is 364 g/mol. The smallest absolute Gasteiger partial charge is 0.0292 e. The van der Waals surface area contributed by atoms with Gasteiger partial charge in [-0.25, -0.2) is 0 Å². The first kappa shape index (κ1) is 13.6. The van der Waals surface area contributed by atoms with Crippen LogP contribution in [0.2, 0.25) is 0 Å². The van der Waals surface area contributed by atoms with Crippen LogP contribution in [0.15, 0.2) is 60.7 Å². The molecule has 2 aromatic rings. The highest BCUT2D eigenvalue weighted by atomic mass is 79.9. The van der Waals surface area contributed by atoms with Gasteiger partial charge in [0.15, 0.2) is 0 Å². The Morgan fingerprint density at radius 1 is 0.611 bits per heavy atom. The SMILES string of the molecule is BrC/C(=C(\CBr)c1ccccc1)c1ccccc1. The Kier molecular flexibility index (Phi) is 5.21. The van der Waals surface area contributed by atoms with Crippen LogP contribution in [0.1, 0.15) is 11.1 Å². The molecule has 0 aliphatic rings. The molecule has 0 saturated heterocycles. The molecule has 92 valence electrons. The minimum absolute atomic E-state index is 0.854. The molecule has 2 rings (SSSR count). The van der Waals surface area contributed by atoms with E-state index in [2.05, 4.69) is 80.4 Å². The summed E-state index contributed by atoms with van der Waals surface area (Å²) in [6.45, 7) is 0. The van der Waals surface area contributed by atoms with Crippen LogP contribution >= 0.6 is 31.9 Å². The van der Waals surface area contributed by atoms with E-state index in [1.165, 1.54) is 22.3 Å². The summed E-state index contributed by atoms with van der Waals surface area (Å²) in [4.78, 5) is 0. The second-order valence-corrected chi connectivity index (χ2v) is 5.08. The van der Waals surface area contributed by atoms with Crippen molar-refractivity contribution >= 4 is 43.0 Å². The van der Waals surface area contributed by atoms with E-state index >= 15 is 0 Å². The van der Waals surface area contributed by atoms with Crippen LogP contribution in [-0.2, 0) is 0 Å². The van der Waals surface area contributed by atoms with Gasteiger partial charge in [0.05, 0.1) is 0 Å². The maximum atomic E-state index is 3.61. The predicted molar refractivity (Wildman–Crippen MR) is 87.3 cm³/mol. The number of alkyl halides is 2. The molecule has 2 aromatic carbocycles. The van der Waals surface area contributed by atoms with Gasteiger partial charge >= 0.3 is 0 Å². The van der Waals surface area contributed by atoms with Gasteiger partial charge in [0, 0.05) is 10.7 Å². The number of hydrogen-bond donors (Lipinski definition) is 0. The summed E-state index contributed by atoms with van der Waals surface area (Å²) in [6, 6.07) is 21.0. The van der Waals surface area contributed by atoms with E-state index in [9.17, 15) is 0 Å². The maximum absolute atomic E-state index is 3.61. The van der Waals surface area contributed by atoms with Gasteiger partial charge in [-0.1, -0.05) is 92.5 Å². The summed E-state index contributed by atoms with van der Waals surface area (Å²) in [5.41, 5.74) is 5.21. The van der Waals surface area contributed by atoms with Gasteiger partial charge in [0.2, 0.25) is 0 Å². The Morgan fingerprint density at radius 2 is 0.944 bits per heavy atom. The summed E-state index contributed by atoms with van der Waals surface area (Å²) in [5, 5.41) is 1.71. The highest BCUT2D eigenvalue weighted by Crippen LogP contribution is 2.29. The molecule has 0 amide bonds. The van der Waals surface area contributed by atoms with Crippen molar-refractivity contribution in [1.82, 2.24) is 0 Å². The number of rotatable bonds is 4. The van der Waals surface area contributed by atoms with Crippen LogP contribution in [0.25, 0.3) is 11.1 Å². The molecule has 2 heteroatoms. The van der Waals surface area contributed by atoms with E-state index in [-0.39, 0.29) is 0 Å². The molecule has 18 heavy (non-hydrogen) atoms. The lowest BCUT2D eigenvalue weighted by molar-refractivity contribution is 1.53. The number of benzene rings is 2. The molecule has 0 bridgehead atoms. The molecule has 0 atom stereocenters. The minimum Gasteiger partial charge on any atom is -0.0876 e. The van der Waals surface area contributed by atoms with Gasteiger partial charge in [-0.3, -0.25) is 0 Å². The predicted octanol–water partition coefficient (Wildman–Crippen LogP) is 5.39. The van der Waals surface area contributed by atoms with Crippen LogP contribution in [0.4, 0.5) is 0 Å². The molecule has 0 unspecified atom stereocenters. The minimum atomic E-state index is 0.854. The average molecular weight is 366 g/mol. The summed E-state index contributed by atoms with van der Waals surface area (Å²) < 4.78 is 0. The van der Waals surface area contributed by atoms with Crippen molar-refractivity contribution in [3.8, 4) is 0 Å². The van der Waals surface area contributed by atoms with Crippen molar-refractivity contribution in [2.75, 3.05) is 10.7 Å². The molecule has 0 saturated carbocycles. The van der Waals surface area contributed by atoms with E-state index in [1.54, 1.807) is 0 Å². The zero-order valence-corrected chi connectivity index (χ0v) is 13.1. The lowest BCUT2D eigenvalue weighted by Gasteiger charge is -2.12. The van der Waals surface area contributed by atoms with Gasteiger partial charge < -0.3 is 0 Å². The maximum Gasteiger partial charge on any atom is 0.0292 e. The third-order valence-electron chi connectivity index (χ3n) is 2.88. The highest BCUT2D eigenvalue weighted by Gasteiger charge is 2.09. The van der Waals surface area contributed by atoms with Gasteiger partial charge in [0.1, 0.15) is 0 Å². The van der Waals surface area contributed by atoms with E-state index in [1.807, 2.05) is 12.1 Å². The van der Waals surface area contributed by atoms with E-state index in [4.69, 9.17) is 0 Å². The Labute approximate surface area is 125 Å². The zero-order chi connectivity index (χ0) is 12.8. The third kappa shape index (κ3) is 3.12. The lowest BCUT2D eigenvalue weighted by Crippen LogP contribution is -1.95. The molecule has 0 aliphatic carbocycles. The molecule has 0 N–H and O–H groups in total. The van der Waals surface area contributed by atoms with Crippen LogP contribution in [-0.4, -0.2) is 10.7 Å². The molecule has 0 nitrogen and oxygen atoms in total. The molecule has 0 fully saturated rings. The van der Waals surface area contributed by atoms with Crippen LogP contribution in [0.5, 0.6) is 0 Å². The zero-order valence-electron chi connectivity index (χ0n) is 9.94. The first-order valence-corrected chi connectivity index (χ1v) is 8.06. The van der Waals surface area contributed by atoms with Crippen molar-refractivity contribution in [3.05, 3.63) is 71.8 Å². The molecule has 0 heterocycles. The van der Waals surface area contributed by atoms with E-state index in [0.717, 1.165) is 10.7 Å². The first-order chi connectivity index (χ1) is 8.86. The summed E-state index contributed by atoms with van der Waals surface area (Å²) in [7, 11) is 0. The highest BCUT2D eigenvalue weighted by molar-refractivity contribution is 9.09. The normalized spacial score (nSPS) is 12.1. The van der Waals surface area contributed by atoms with Crippen LogP contribution in [0, 0.1) is 0 Å². The summed E-state index contributed by atoms with van der Waals surface area (Å²) in [6.07, 6.45) is 0. The average Bonchev–Trinajstić information content (AvgIpc) is 2.46. The Balaban J connectivity index is 2.53. The van der Waals surface area contributed by atoms with Crippen molar-refractivity contribution in [1.29, 1.82) is 0 Å². The first-order valence-electron chi connectivity index (χ1n) is 5.81. The fraction of sp³-hybridized carbons (Fsp3) is 0.125. The van der Waals surface area contributed by atoms with Gasteiger partial charge in [-0.15, -0.1) is 0 Å². The fourth-order valence-electron chi connectivity index (χ4n) is 1.94. The summed E-state index contributed by atoms with van der Waals surface area (Å²) in [5.74, 6) is 0. The Morgan fingerprint density at radius 3 is 1.22 bits per heavy atom. The Bertz CT molecular complexity index is 466. The van der Waals surface area contributed by atoms with Crippen LogP contribution < -0.4 is 0 Å². The van der Waals surface area contributed by atoms with Gasteiger partial charge in [0.25, 0.3) is 0 Å². The van der Waals surface area contributed by atoms with Crippen LogP contribution in [0.3, 0.4) is 0 Å². The van der Waals surface area contributed by atoms with E-state index in [0.29, 0.717) is 0 Å². The Hall–Kier alpha value is -0.860. The topological polar surface area (TPSA) is 0 Å². The largest absolute Gasteiger partial charge is 0.0876 e.